The van der Waals surface area contributed by atoms with Crippen molar-refractivity contribution in [3.8, 4) is 0 Å². The SMILES string of the molecule is CC1CSCCN1C(C)(CN)Cc1ccccc1F. The van der Waals surface area contributed by atoms with Gasteiger partial charge in [-0.2, -0.15) is 11.8 Å². The molecule has 2 nitrogen and oxygen atoms in total. The van der Waals surface area contributed by atoms with Crippen molar-refractivity contribution in [1.82, 2.24) is 4.90 Å². The number of thioether (sulfide) groups is 1. The number of nitrogens with zero attached hydrogens (tertiary/aromatic N) is 1. The van der Waals surface area contributed by atoms with Gasteiger partial charge in [0.2, 0.25) is 0 Å². The summed E-state index contributed by atoms with van der Waals surface area (Å²) in [5.74, 6) is 2.14. The van der Waals surface area contributed by atoms with E-state index in [1.165, 1.54) is 6.07 Å². The van der Waals surface area contributed by atoms with E-state index in [0.29, 0.717) is 19.0 Å². The molecule has 106 valence electrons. The number of hydrogen-bond donors (Lipinski definition) is 1. The highest BCUT2D eigenvalue weighted by Gasteiger charge is 2.35. The van der Waals surface area contributed by atoms with Gasteiger partial charge in [0, 0.05) is 36.2 Å². The van der Waals surface area contributed by atoms with Crippen LogP contribution in [-0.2, 0) is 6.42 Å². The molecule has 0 amide bonds. The highest BCUT2D eigenvalue weighted by atomic mass is 32.2. The lowest BCUT2D eigenvalue weighted by Crippen LogP contribution is -2.59. The molecular weight excluding hydrogens is 259 g/mol. The fraction of sp³-hybridized carbons (Fsp3) is 0.600. The van der Waals surface area contributed by atoms with Crippen LogP contribution in [0.3, 0.4) is 0 Å². The van der Waals surface area contributed by atoms with Crippen molar-refractivity contribution >= 4 is 11.8 Å². The van der Waals surface area contributed by atoms with Gasteiger partial charge in [0.15, 0.2) is 0 Å². The van der Waals surface area contributed by atoms with Crippen molar-refractivity contribution in [2.75, 3.05) is 24.6 Å². The lowest BCUT2D eigenvalue weighted by Gasteiger charge is -2.46. The molecule has 2 atom stereocenters. The van der Waals surface area contributed by atoms with Crippen LogP contribution in [-0.4, -0.2) is 41.1 Å². The van der Waals surface area contributed by atoms with Gasteiger partial charge in [-0.15, -0.1) is 0 Å². The molecule has 19 heavy (non-hydrogen) atoms. The van der Waals surface area contributed by atoms with Crippen molar-refractivity contribution in [3.63, 3.8) is 0 Å². The van der Waals surface area contributed by atoms with Crippen molar-refractivity contribution < 1.29 is 4.39 Å². The van der Waals surface area contributed by atoms with Gasteiger partial charge >= 0.3 is 0 Å². The normalized spacial score (nSPS) is 24.1. The number of hydrogen-bond acceptors (Lipinski definition) is 3. The summed E-state index contributed by atoms with van der Waals surface area (Å²) in [6.45, 7) is 5.98. The Hall–Kier alpha value is -0.580. The van der Waals surface area contributed by atoms with E-state index in [0.717, 1.165) is 23.6 Å². The van der Waals surface area contributed by atoms with Crippen LogP contribution >= 0.6 is 11.8 Å². The van der Waals surface area contributed by atoms with Crippen LogP contribution in [0.5, 0.6) is 0 Å². The Kier molecular flexibility index (Phi) is 4.87. The molecule has 0 aliphatic carbocycles. The molecule has 1 heterocycles. The molecule has 1 aliphatic rings. The lowest BCUT2D eigenvalue weighted by atomic mass is 9.89. The predicted molar refractivity (Wildman–Crippen MR) is 81.1 cm³/mol. The van der Waals surface area contributed by atoms with Gasteiger partial charge in [-0.1, -0.05) is 18.2 Å². The highest BCUT2D eigenvalue weighted by Crippen LogP contribution is 2.28. The number of rotatable bonds is 4. The van der Waals surface area contributed by atoms with Crippen molar-refractivity contribution in [2.45, 2.75) is 31.8 Å². The summed E-state index contributed by atoms with van der Waals surface area (Å²) in [6, 6.07) is 7.52. The minimum absolute atomic E-state index is 0.124. The van der Waals surface area contributed by atoms with Gasteiger partial charge < -0.3 is 5.73 Å². The molecule has 0 saturated carbocycles. The van der Waals surface area contributed by atoms with Crippen molar-refractivity contribution in [2.24, 2.45) is 5.73 Å². The van der Waals surface area contributed by atoms with Gasteiger partial charge in [0.1, 0.15) is 5.82 Å². The second-order valence-corrected chi connectivity index (χ2v) is 6.74. The zero-order chi connectivity index (χ0) is 13.9. The molecule has 2 rings (SSSR count). The molecule has 0 aromatic heterocycles. The Morgan fingerprint density at radius 2 is 2.21 bits per heavy atom. The van der Waals surface area contributed by atoms with Crippen molar-refractivity contribution in [1.29, 1.82) is 0 Å². The third-order valence-corrected chi connectivity index (χ3v) is 5.22. The topological polar surface area (TPSA) is 29.3 Å². The van der Waals surface area contributed by atoms with E-state index < -0.39 is 0 Å². The molecule has 0 radical (unpaired) electrons. The lowest BCUT2D eigenvalue weighted by molar-refractivity contribution is 0.0811. The van der Waals surface area contributed by atoms with Gasteiger partial charge in [-0.05, 0) is 31.9 Å². The maximum absolute atomic E-state index is 13.9. The van der Waals surface area contributed by atoms with Gasteiger partial charge in [-0.25, -0.2) is 4.39 Å². The second-order valence-electron chi connectivity index (χ2n) is 5.59. The molecule has 2 unspecified atom stereocenters. The van der Waals surface area contributed by atoms with E-state index in [1.54, 1.807) is 6.07 Å². The fourth-order valence-electron chi connectivity index (χ4n) is 2.87. The maximum atomic E-state index is 13.9. The Morgan fingerprint density at radius 1 is 1.47 bits per heavy atom. The van der Waals surface area contributed by atoms with Gasteiger partial charge in [0.25, 0.3) is 0 Å². The molecule has 1 fully saturated rings. The molecule has 0 spiro atoms. The quantitative estimate of drug-likeness (QED) is 0.920. The summed E-state index contributed by atoms with van der Waals surface area (Å²) in [5, 5.41) is 0. The van der Waals surface area contributed by atoms with Gasteiger partial charge in [-0.3, -0.25) is 4.90 Å². The number of halogens is 1. The third kappa shape index (κ3) is 3.30. The second kappa shape index (κ2) is 6.25. The summed E-state index contributed by atoms with van der Waals surface area (Å²) in [6.07, 6.45) is 0.672. The molecule has 1 saturated heterocycles. The van der Waals surface area contributed by atoms with Crippen molar-refractivity contribution in [3.05, 3.63) is 35.6 Å². The van der Waals surface area contributed by atoms with Crippen LogP contribution in [0.1, 0.15) is 19.4 Å². The summed E-state index contributed by atoms with van der Waals surface area (Å²) in [7, 11) is 0. The molecule has 1 aromatic rings. The summed E-state index contributed by atoms with van der Waals surface area (Å²) in [5.41, 5.74) is 6.63. The number of benzene rings is 1. The highest BCUT2D eigenvalue weighted by molar-refractivity contribution is 7.99. The maximum Gasteiger partial charge on any atom is 0.126 e. The molecule has 1 aromatic carbocycles. The average Bonchev–Trinajstić information content (AvgIpc) is 2.42. The largest absolute Gasteiger partial charge is 0.329 e. The molecule has 1 aliphatic heterocycles. The van der Waals surface area contributed by atoms with Crippen LogP contribution in [0.2, 0.25) is 0 Å². The summed E-state index contributed by atoms with van der Waals surface area (Å²) < 4.78 is 13.9. The van der Waals surface area contributed by atoms with Crippen LogP contribution in [0.4, 0.5) is 4.39 Å². The first-order chi connectivity index (χ1) is 9.07. The standard InChI is InChI=1S/C15H23FN2S/c1-12-10-19-8-7-18(12)15(2,11-17)9-13-5-3-4-6-14(13)16/h3-6,12H,7-11,17H2,1-2H3. The third-order valence-electron chi connectivity index (χ3n) is 4.03. The first-order valence-corrected chi connectivity index (χ1v) is 8.00. The van der Waals surface area contributed by atoms with Crippen LogP contribution in [0.15, 0.2) is 24.3 Å². The molecule has 2 N–H and O–H groups in total. The van der Waals surface area contributed by atoms with Crippen LogP contribution < -0.4 is 5.73 Å². The minimum Gasteiger partial charge on any atom is -0.329 e. The first kappa shape index (κ1) is 14.8. The monoisotopic (exact) mass is 282 g/mol. The zero-order valence-corrected chi connectivity index (χ0v) is 12.5. The van der Waals surface area contributed by atoms with E-state index in [4.69, 9.17) is 5.73 Å². The van der Waals surface area contributed by atoms with Crippen LogP contribution in [0.25, 0.3) is 0 Å². The Bertz CT molecular complexity index is 426. The zero-order valence-electron chi connectivity index (χ0n) is 11.7. The summed E-state index contributed by atoms with van der Waals surface area (Å²) >= 11 is 1.99. The predicted octanol–water partition coefficient (Wildman–Crippen LogP) is 2.52. The smallest absolute Gasteiger partial charge is 0.126 e. The summed E-state index contributed by atoms with van der Waals surface area (Å²) in [4.78, 5) is 2.45. The molecule has 0 bridgehead atoms. The minimum atomic E-state index is -0.164. The van der Waals surface area contributed by atoms with E-state index >= 15 is 0 Å². The van der Waals surface area contributed by atoms with E-state index in [1.807, 2.05) is 23.9 Å². The molecular formula is C15H23FN2S. The Balaban J connectivity index is 2.20. The van der Waals surface area contributed by atoms with Gasteiger partial charge in [0.05, 0.1) is 0 Å². The van der Waals surface area contributed by atoms with E-state index in [2.05, 4.69) is 18.7 Å². The number of nitrogens with two attached hydrogens (primary N) is 1. The van der Waals surface area contributed by atoms with Crippen LogP contribution in [0, 0.1) is 5.82 Å². The Morgan fingerprint density at radius 3 is 2.84 bits per heavy atom. The average molecular weight is 282 g/mol. The van der Waals surface area contributed by atoms with E-state index in [9.17, 15) is 4.39 Å². The van der Waals surface area contributed by atoms with E-state index in [-0.39, 0.29) is 11.4 Å². The fourth-order valence-corrected chi connectivity index (χ4v) is 3.89. The molecule has 4 heteroatoms. The Labute approximate surface area is 119 Å². The first-order valence-electron chi connectivity index (χ1n) is 6.85.